The van der Waals surface area contributed by atoms with Crippen LogP contribution in [0.5, 0.6) is 5.75 Å². The Morgan fingerprint density at radius 1 is 1.29 bits per heavy atom. The van der Waals surface area contributed by atoms with Crippen molar-refractivity contribution in [2.24, 2.45) is 0 Å². The third-order valence-corrected chi connectivity index (χ3v) is 4.25. The van der Waals surface area contributed by atoms with Gasteiger partial charge >= 0.3 is 0 Å². The average molecular weight is 285 g/mol. The van der Waals surface area contributed by atoms with Crippen LogP contribution < -0.4 is 10.1 Å². The van der Waals surface area contributed by atoms with E-state index in [-0.39, 0.29) is 11.9 Å². The summed E-state index contributed by atoms with van der Waals surface area (Å²) < 4.78 is 19.1. The van der Waals surface area contributed by atoms with Crippen LogP contribution in [0.1, 0.15) is 35.6 Å². The first-order valence-electron chi connectivity index (χ1n) is 7.39. The topological polar surface area (TPSA) is 21.3 Å². The van der Waals surface area contributed by atoms with E-state index in [9.17, 15) is 4.39 Å². The van der Waals surface area contributed by atoms with Crippen LogP contribution in [0.2, 0.25) is 0 Å². The number of methoxy groups -OCH3 is 1. The molecule has 0 aromatic heterocycles. The van der Waals surface area contributed by atoms with Crippen molar-refractivity contribution in [1.29, 1.82) is 0 Å². The zero-order valence-electron chi connectivity index (χ0n) is 12.4. The zero-order chi connectivity index (χ0) is 14.8. The minimum Gasteiger partial charge on any atom is -0.496 e. The van der Waals surface area contributed by atoms with Gasteiger partial charge in [-0.25, -0.2) is 4.39 Å². The lowest BCUT2D eigenvalue weighted by molar-refractivity contribution is 0.373. The fourth-order valence-electron chi connectivity index (χ4n) is 3.23. The smallest absolute Gasteiger partial charge is 0.123 e. The van der Waals surface area contributed by atoms with Crippen LogP contribution in [0, 0.1) is 5.82 Å². The lowest BCUT2D eigenvalue weighted by Gasteiger charge is -2.37. The molecule has 1 aliphatic rings. The van der Waals surface area contributed by atoms with Crippen LogP contribution >= 0.6 is 0 Å². The largest absolute Gasteiger partial charge is 0.496 e. The van der Waals surface area contributed by atoms with Crippen LogP contribution in [-0.4, -0.2) is 13.7 Å². The van der Waals surface area contributed by atoms with Gasteiger partial charge in [0.05, 0.1) is 7.11 Å². The second-order valence-corrected chi connectivity index (χ2v) is 5.43. The van der Waals surface area contributed by atoms with E-state index < -0.39 is 0 Å². The third kappa shape index (κ3) is 2.54. The summed E-state index contributed by atoms with van der Waals surface area (Å²) in [6.45, 7) is 2.91. The molecule has 0 saturated heterocycles. The average Bonchev–Trinajstić information content (AvgIpc) is 2.47. The Morgan fingerprint density at radius 2 is 2.10 bits per heavy atom. The molecule has 110 valence electrons. The molecule has 3 rings (SSSR count). The summed E-state index contributed by atoms with van der Waals surface area (Å²) in [6.07, 6.45) is 1.02. The predicted molar refractivity (Wildman–Crippen MR) is 82.3 cm³/mol. The number of likely N-dealkylation sites (N-methyl/N-ethyl adjacent to an activating group) is 1. The highest BCUT2D eigenvalue weighted by molar-refractivity contribution is 5.46. The van der Waals surface area contributed by atoms with Gasteiger partial charge in [0.1, 0.15) is 11.6 Å². The van der Waals surface area contributed by atoms with Crippen molar-refractivity contribution in [3.63, 3.8) is 0 Å². The number of nitrogens with one attached hydrogen (secondary N) is 1. The molecule has 0 bridgehead atoms. The zero-order valence-corrected chi connectivity index (χ0v) is 12.4. The van der Waals surface area contributed by atoms with Gasteiger partial charge in [0.15, 0.2) is 0 Å². The van der Waals surface area contributed by atoms with E-state index in [0.29, 0.717) is 5.92 Å². The number of hydrogen-bond acceptors (Lipinski definition) is 2. The van der Waals surface area contributed by atoms with Gasteiger partial charge in [0.25, 0.3) is 0 Å². The van der Waals surface area contributed by atoms with Gasteiger partial charge in [-0.2, -0.15) is 0 Å². The maximum absolute atomic E-state index is 13.7. The molecular formula is C18H20FNO. The molecule has 0 spiro atoms. The molecule has 21 heavy (non-hydrogen) atoms. The van der Waals surface area contributed by atoms with Gasteiger partial charge in [-0.3, -0.25) is 0 Å². The van der Waals surface area contributed by atoms with Crippen molar-refractivity contribution < 1.29 is 9.13 Å². The molecule has 3 heteroatoms. The molecule has 0 radical (unpaired) electrons. The molecule has 0 fully saturated rings. The first kappa shape index (κ1) is 14.1. The molecule has 1 N–H and O–H groups in total. The van der Waals surface area contributed by atoms with E-state index in [2.05, 4.69) is 36.5 Å². The summed E-state index contributed by atoms with van der Waals surface area (Å²) in [7, 11) is 1.63. The normalized spacial score (nSPS) is 17.8. The lowest BCUT2D eigenvalue weighted by atomic mass is 9.71. The van der Waals surface area contributed by atoms with Crippen molar-refractivity contribution in [3.8, 4) is 5.75 Å². The predicted octanol–water partition coefficient (Wildman–Crippen LogP) is 3.82. The monoisotopic (exact) mass is 285 g/mol. The van der Waals surface area contributed by atoms with E-state index in [1.54, 1.807) is 19.2 Å². The van der Waals surface area contributed by atoms with Crippen LogP contribution in [0.3, 0.4) is 0 Å². The summed E-state index contributed by atoms with van der Waals surface area (Å²) in [4.78, 5) is 0. The lowest BCUT2D eigenvalue weighted by Crippen LogP contribution is -2.33. The number of halogens is 1. The molecule has 2 aromatic rings. The fourth-order valence-corrected chi connectivity index (χ4v) is 3.23. The highest BCUT2D eigenvalue weighted by Crippen LogP contribution is 2.45. The second kappa shape index (κ2) is 5.86. The van der Waals surface area contributed by atoms with E-state index in [0.717, 1.165) is 24.3 Å². The van der Waals surface area contributed by atoms with Crippen LogP contribution in [0.4, 0.5) is 4.39 Å². The Bertz CT molecular complexity index is 641. The number of hydrogen-bond donors (Lipinski definition) is 1. The van der Waals surface area contributed by atoms with Crippen molar-refractivity contribution in [2.75, 3.05) is 13.7 Å². The minimum absolute atomic E-state index is 0.0792. The Morgan fingerprint density at radius 3 is 2.81 bits per heavy atom. The highest BCUT2D eigenvalue weighted by atomic mass is 19.1. The van der Waals surface area contributed by atoms with Crippen LogP contribution in [-0.2, 0) is 6.42 Å². The van der Waals surface area contributed by atoms with Gasteiger partial charge in [0.2, 0.25) is 0 Å². The van der Waals surface area contributed by atoms with Gasteiger partial charge in [-0.05, 0) is 42.3 Å². The standard InChI is InChI=1S/C18H20FNO/c1-3-20-18(15-10-12-6-4-5-7-14(12)15)16-11-13(19)8-9-17(16)21-2/h4-9,11,15,18,20H,3,10H2,1-2H3. The Labute approximate surface area is 125 Å². The Kier molecular flexibility index (Phi) is 3.93. The quantitative estimate of drug-likeness (QED) is 0.901. The van der Waals surface area contributed by atoms with E-state index >= 15 is 0 Å². The number of rotatable bonds is 5. The Hall–Kier alpha value is -1.87. The van der Waals surface area contributed by atoms with Crippen molar-refractivity contribution >= 4 is 0 Å². The number of ether oxygens (including phenoxy) is 1. The molecule has 1 aliphatic carbocycles. The van der Waals surface area contributed by atoms with Crippen LogP contribution in [0.15, 0.2) is 42.5 Å². The summed E-state index contributed by atoms with van der Waals surface area (Å²) in [6, 6.07) is 13.3. The summed E-state index contributed by atoms with van der Waals surface area (Å²) in [5.74, 6) is 0.893. The fraction of sp³-hybridized carbons (Fsp3) is 0.333. The molecule has 0 heterocycles. The molecule has 2 aromatic carbocycles. The van der Waals surface area contributed by atoms with E-state index in [4.69, 9.17) is 4.74 Å². The van der Waals surface area contributed by atoms with Gasteiger partial charge < -0.3 is 10.1 Å². The second-order valence-electron chi connectivity index (χ2n) is 5.43. The SMILES string of the molecule is CCNC(c1cc(F)ccc1OC)C1Cc2ccccc21. The van der Waals surface area contributed by atoms with Crippen molar-refractivity contribution in [3.05, 3.63) is 65.0 Å². The molecule has 0 amide bonds. The number of benzene rings is 2. The Balaban J connectivity index is 1.98. The molecule has 2 atom stereocenters. The van der Waals surface area contributed by atoms with Crippen LogP contribution in [0.25, 0.3) is 0 Å². The van der Waals surface area contributed by atoms with Gasteiger partial charge in [-0.15, -0.1) is 0 Å². The number of fused-ring (bicyclic) bond motifs is 1. The maximum Gasteiger partial charge on any atom is 0.123 e. The summed E-state index contributed by atoms with van der Waals surface area (Å²) in [5.41, 5.74) is 3.65. The first-order chi connectivity index (χ1) is 10.2. The molecule has 2 nitrogen and oxygen atoms in total. The van der Waals surface area contributed by atoms with Gasteiger partial charge in [0, 0.05) is 17.5 Å². The maximum atomic E-state index is 13.7. The molecule has 0 saturated carbocycles. The highest BCUT2D eigenvalue weighted by Gasteiger charge is 2.34. The molecule has 2 unspecified atom stereocenters. The molecule has 0 aliphatic heterocycles. The summed E-state index contributed by atoms with van der Waals surface area (Å²) in [5, 5.41) is 3.50. The summed E-state index contributed by atoms with van der Waals surface area (Å²) >= 11 is 0. The van der Waals surface area contributed by atoms with Gasteiger partial charge in [-0.1, -0.05) is 31.2 Å². The van der Waals surface area contributed by atoms with Crippen molar-refractivity contribution in [2.45, 2.75) is 25.3 Å². The van der Waals surface area contributed by atoms with E-state index in [1.807, 2.05) is 0 Å². The van der Waals surface area contributed by atoms with Crippen molar-refractivity contribution in [1.82, 2.24) is 5.32 Å². The first-order valence-corrected chi connectivity index (χ1v) is 7.39. The minimum atomic E-state index is -0.221. The third-order valence-electron chi connectivity index (χ3n) is 4.25. The molecular weight excluding hydrogens is 265 g/mol. The van der Waals surface area contributed by atoms with E-state index in [1.165, 1.54) is 17.2 Å².